The van der Waals surface area contributed by atoms with E-state index in [0.717, 1.165) is 19.4 Å². The van der Waals surface area contributed by atoms with Crippen molar-refractivity contribution in [1.82, 2.24) is 15.5 Å². The Bertz CT molecular complexity index is 351. The van der Waals surface area contributed by atoms with Gasteiger partial charge in [-0.15, -0.1) is 5.10 Å². The number of amides is 1. The van der Waals surface area contributed by atoms with Gasteiger partial charge in [-0.3, -0.25) is 4.79 Å². The Morgan fingerprint density at radius 2 is 2.47 bits per heavy atom. The van der Waals surface area contributed by atoms with Gasteiger partial charge in [0, 0.05) is 6.54 Å². The summed E-state index contributed by atoms with van der Waals surface area (Å²) in [5, 5.41) is 13.1. The molecule has 1 aliphatic rings. The quantitative estimate of drug-likeness (QED) is 0.605. The lowest BCUT2D eigenvalue weighted by Gasteiger charge is -2.21. The highest BCUT2D eigenvalue weighted by atomic mass is 16.4. The second-order valence-electron chi connectivity index (χ2n) is 3.34. The van der Waals surface area contributed by atoms with Gasteiger partial charge in [-0.2, -0.15) is 0 Å². The molecule has 2 rings (SSSR count). The molecule has 4 N–H and O–H groups in total. The van der Waals surface area contributed by atoms with E-state index in [4.69, 9.17) is 10.2 Å². The molecule has 0 saturated carbocycles. The minimum atomic E-state index is -0.287. The number of nitrogens with one attached hydrogen (secondary N) is 2. The smallest absolute Gasteiger partial charge is 0.316 e. The first-order valence-corrected chi connectivity index (χ1v) is 4.86. The van der Waals surface area contributed by atoms with E-state index >= 15 is 0 Å². The molecule has 0 aliphatic carbocycles. The van der Waals surface area contributed by atoms with E-state index in [1.54, 1.807) is 0 Å². The number of hydrogen-bond donors (Lipinski definition) is 3. The molecule has 0 radical (unpaired) electrons. The molecule has 1 aromatic heterocycles. The number of hydrogen-bond acceptors (Lipinski definition) is 6. The molecular weight excluding hydrogens is 198 g/mol. The molecule has 82 valence electrons. The van der Waals surface area contributed by atoms with Gasteiger partial charge >= 0.3 is 6.01 Å². The SMILES string of the molecule is NCc1nnc(NC2CCCNC2=O)o1. The summed E-state index contributed by atoms with van der Waals surface area (Å²) in [6.07, 6.45) is 1.72. The van der Waals surface area contributed by atoms with Crippen LogP contribution in [-0.4, -0.2) is 28.7 Å². The van der Waals surface area contributed by atoms with Crippen molar-refractivity contribution in [2.75, 3.05) is 11.9 Å². The van der Waals surface area contributed by atoms with Crippen molar-refractivity contribution in [3.8, 4) is 0 Å². The molecule has 1 saturated heterocycles. The van der Waals surface area contributed by atoms with Gasteiger partial charge in [0.05, 0.1) is 6.54 Å². The third-order valence-electron chi connectivity index (χ3n) is 2.22. The molecule has 1 aliphatic heterocycles. The lowest BCUT2D eigenvalue weighted by molar-refractivity contribution is -0.123. The predicted octanol–water partition coefficient (Wildman–Crippen LogP) is -0.781. The van der Waals surface area contributed by atoms with Crippen molar-refractivity contribution in [1.29, 1.82) is 0 Å². The zero-order valence-corrected chi connectivity index (χ0v) is 8.19. The van der Waals surface area contributed by atoms with E-state index in [9.17, 15) is 4.79 Å². The average molecular weight is 211 g/mol. The highest BCUT2D eigenvalue weighted by Gasteiger charge is 2.23. The van der Waals surface area contributed by atoms with Gasteiger partial charge < -0.3 is 20.8 Å². The van der Waals surface area contributed by atoms with E-state index in [-0.39, 0.29) is 24.5 Å². The Kier molecular flexibility index (Phi) is 2.82. The van der Waals surface area contributed by atoms with E-state index < -0.39 is 0 Å². The van der Waals surface area contributed by atoms with E-state index in [1.807, 2.05) is 0 Å². The summed E-state index contributed by atoms with van der Waals surface area (Å²) in [6.45, 7) is 0.931. The molecular formula is C8H13N5O2. The molecule has 7 nitrogen and oxygen atoms in total. The minimum absolute atomic E-state index is 0.0336. The average Bonchev–Trinajstić information content (AvgIpc) is 2.69. The summed E-state index contributed by atoms with van der Waals surface area (Å²) in [5.74, 6) is 0.322. The van der Waals surface area contributed by atoms with Crippen LogP contribution in [0, 0.1) is 0 Å². The van der Waals surface area contributed by atoms with Gasteiger partial charge in [0.2, 0.25) is 11.8 Å². The third-order valence-corrected chi connectivity index (χ3v) is 2.22. The van der Waals surface area contributed by atoms with Gasteiger partial charge in [-0.1, -0.05) is 5.10 Å². The minimum Gasteiger partial charge on any atom is -0.407 e. The van der Waals surface area contributed by atoms with Crippen LogP contribution in [0.25, 0.3) is 0 Å². The summed E-state index contributed by atoms with van der Waals surface area (Å²) >= 11 is 0. The molecule has 1 aromatic rings. The molecule has 2 heterocycles. The molecule has 0 aromatic carbocycles. The molecule has 1 fully saturated rings. The Morgan fingerprint density at radius 1 is 1.60 bits per heavy atom. The van der Waals surface area contributed by atoms with E-state index in [2.05, 4.69) is 20.8 Å². The molecule has 0 bridgehead atoms. The fourth-order valence-electron chi connectivity index (χ4n) is 1.45. The Hall–Kier alpha value is -1.63. The molecule has 15 heavy (non-hydrogen) atoms. The fraction of sp³-hybridized carbons (Fsp3) is 0.625. The number of nitrogens with zero attached hydrogens (tertiary/aromatic N) is 2. The highest BCUT2D eigenvalue weighted by molar-refractivity contribution is 5.84. The van der Waals surface area contributed by atoms with Crippen LogP contribution in [0.5, 0.6) is 0 Å². The van der Waals surface area contributed by atoms with Crippen LogP contribution in [0.1, 0.15) is 18.7 Å². The number of rotatable bonds is 3. The van der Waals surface area contributed by atoms with Crippen molar-refractivity contribution in [2.45, 2.75) is 25.4 Å². The maximum Gasteiger partial charge on any atom is 0.316 e. The standard InChI is InChI=1S/C8H13N5O2/c9-4-6-12-13-8(15-6)11-5-2-1-3-10-7(5)14/h5H,1-4,9H2,(H,10,14)(H,11,13). The monoisotopic (exact) mass is 211 g/mol. The fourth-order valence-corrected chi connectivity index (χ4v) is 1.45. The van der Waals surface area contributed by atoms with Gasteiger partial charge in [0.15, 0.2) is 0 Å². The maximum absolute atomic E-state index is 11.4. The zero-order chi connectivity index (χ0) is 10.7. The Morgan fingerprint density at radius 3 is 3.13 bits per heavy atom. The van der Waals surface area contributed by atoms with Crippen LogP contribution in [0.4, 0.5) is 6.01 Å². The summed E-state index contributed by atoms with van der Waals surface area (Å²) in [4.78, 5) is 11.4. The van der Waals surface area contributed by atoms with Gasteiger partial charge in [-0.05, 0) is 12.8 Å². The molecule has 7 heteroatoms. The van der Waals surface area contributed by atoms with Crippen LogP contribution in [0.15, 0.2) is 4.42 Å². The largest absolute Gasteiger partial charge is 0.407 e. The van der Waals surface area contributed by atoms with Crippen molar-refractivity contribution in [3.05, 3.63) is 5.89 Å². The van der Waals surface area contributed by atoms with E-state index in [1.165, 1.54) is 0 Å². The number of carbonyl (C=O) groups excluding carboxylic acids is 1. The van der Waals surface area contributed by atoms with Crippen LogP contribution in [0.3, 0.4) is 0 Å². The number of anilines is 1. The normalized spacial score (nSPS) is 21.1. The first-order chi connectivity index (χ1) is 7.29. The van der Waals surface area contributed by atoms with Crippen LogP contribution in [-0.2, 0) is 11.3 Å². The molecule has 1 amide bonds. The van der Waals surface area contributed by atoms with Crippen LogP contribution >= 0.6 is 0 Å². The van der Waals surface area contributed by atoms with Crippen molar-refractivity contribution in [2.24, 2.45) is 5.73 Å². The first kappa shape index (κ1) is 9.91. The Balaban J connectivity index is 1.98. The molecule has 0 spiro atoms. The zero-order valence-electron chi connectivity index (χ0n) is 8.19. The summed E-state index contributed by atoms with van der Waals surface area (Å²) in [7, 11) is 0. The Labute approximate surface area is 86.4 Å². The number of nitrogens with two attached hydrogens (primary N) is 1. The van der Waals surface area contributed by atoms with Crippen LogP contribution in [0.2, 0.25) is 0 Å². The van der Waals surface area contributed by atoms with Gasteiger partial charge in [-0.25, -0.2) is 0 Å². The first-order valence-electron chi connectivity index (χ1n) is 4.86. The van der Waals surface area contributed by atoms with Gasteiger partial charge in [0.25, 0.3) is 0 Å². The van der Waals surface area contributed by atoms with Crippen molar-refractivity contribution < 1.29 is 9.21 Å². The second kappa shape index (κ2) is 4.26. The molecule has 1 atom stereocenters. The highest BCUT2D eigenvalue weighted by Crippen LogP contribution is 2.11. The third kappa shape index (κ3) is 2.24. The van der Waals surface area contributed by atoms with E-state index in [0.29, 0.717) is 5.89 Å². The lowest BCUT2D eigenvalue weighted by Crippen LogP contribution is -2.44. The summed E-state index contributed by atoms with van der Waals surface area (Å²) in [5.41, 5.74) is 5.32. The van der Waals surface area contributed by atoms with Gasteiger partial charge in [0.1, 0.15) is 6.04 Å². The van der Waals surface area contributed by atoms with Crippen molar-refractivity contribution in [3.63, 3.8) is 0 Å². The molecule has 1 unspecified atom stereocenters. The lowest BCUT2D eigenvalue weighted by atomic mass is 10.1. The number of piperidine rings is 1. The predicted molar refractivity (Wildman–Crippen MR) is 51.8 cm³/mol. The summed E-state index contributed by atoms with van der Waals surface area (Å²) < 4.78 is 5.15. The maximum atomic E-state index is 11.4. The van der Waals surface area contributed by atoms with Crippen molar-refractivity contribution >= 4 is 11.9 Å². The summed E-state index contributed by atoms with van der Waals surface area (Å²) in [6, 6.07) is -0.0395. The number of carbonyl (C=O) groups is 1. The number of aromatic nitrogens is 2. The topological polar surface area (TPSA) is 106 Å². The second-order valence-corrected chi connectivity index (χ2v) is 3.34. The van der Waals surface area contributed by atoms with Crippen LogP contribution < -0.4 is 16.4 Å².